The molecule has 1 atom stereocenters. The lowest BCUT2D eigenvalue weighted by Crippen LogP contribution is -2.35. The molecule has 2 aromatic rings. The highest BCUT2D eigenvalue weighted by atomic mass is 16.5. The van der Waals surface area contributed by atoms with Gasteiger partial charge < -0.3 is 24.4 Å². The molecule has 7 nitrogen and oxygen atoms in total. The summed E-state index contributed by atoms with van der Waals surface area (Å²) in [5, 5.41) is 11.4. The van der Waals surface area contributed by atoms with Gasteiger partial charge in [-0.3, -0.25) is 9.59 Å². The van der Waals surface area contributed by atoms with Crippen LogP contribution in [0.15, 0.2) is 48.0 Å². The van der Waals surface area contributed by atoms with E-state index in [0.29, 0.717) is 30.5 Å². The van der Waals surface area contributed by atoms with E-state index in [9.17, 15) is 14.7 Å². The third kappa shape index (κ3) is 4.73. The number of likely N-dealkylation sites (tertiary alicyclic amines) is 1. The SMILES string of the molecule is COc1cccc(OC)c1/C(O)=C1\C(=O)C(=O)N(CCN(C)C)C1c1ccc(C(C)C)cc1. The molecular formula is C26H32N2O5. The molecule has 1 unspecified atom stereocenters. The normalized spacial score (nSPS) is 17.8. The summed E-state index contributed by atoms with van der Waals surface area (Å²) in [6.07, 6.45) is 0. The Kier molecular flexibility index (Phi) is 7.43. The largest absolute Gasteiger partial charge is 0.506 e. The van der Waals surface area contributed by atoms with Gasteiger partial charge in [0.25, 0.3) is 11.7 Å². The molecule has 0 aliphatic carbocycles. The number of amides is 1. The highest BCUT2D eigenvalue weighted by molar-refractivity contribution is 6.46. The molecule has 0 aromatic heterocycles. The van der Waals surface area contributed by atoms with Crippen LogP contribution in [0.5, 0.6) is 11.5 Å². The predicted octanol–water partition coefficient (Wildman–Crippen LogP) is 3.81. The molecule has 1 fully saturated rings. The van der Waals surface area contributed by atoms with Crippen LogP contribution in [0.2, 0.25) is 0 Å². The summed E-state index contributed by atoms with van der Waals surface area (Å²) in [6, 6.07) is 12.2. The lowest BCUT2D eigenvalue weighted by atomic mass is 9.93. The van der Waals surface area contributed by atoms with Crippen LogP contribution >= 0.6 is 0 Å². The number of Topliss-reactive ketones (excluding diaryl/α,β-unsaturated/α-hetero) is 1. The van der Waals surface area contributed by atoms with Crippen molar-refractivity contribution in [2.75, 3.05) is 41.4 Å². The molecule has 0 radical (unpaired) electrons. The van der Waals surface area contributed by atoms with Gasteiger partial charge in [-0.1, -0.05) is 44.2 Å². The van der Waals surface area contributed by atoms with E-state index in [2.05, 4.69) is 13.8 Å². The highest BCUT2D eigenvalue weighted by Crippen LogP contribution is 2.43. The fraction of sp³-hybridized carbons (Fsp3) is 0.385. The summed E-state index contributed by atoms with van der Waals surface area (Å²) in [7, 11) is 6.76. The number of carbonyl (C=O) groups is 2. The van der Waals surface area contributed by atoms with Crippen molar-refractivity contribution in [3.05, 3.63) is 64.7 Å². The second-order valence-corrected chi connectivity index (χ2v) is 8.65. The molecule has 33 heavy (non-hydrogen) atoms. The van der Waals surface area contributed by atoms with Crippen LogP contribution in [0.25, 0.3) is 5.76 Å². The molecule has 0 bridgehead atoms. The first-order valence-corrected chi connectivity index (χ1v) is 11.0. The van der Waals surface area contributed by atoms with E-state index in [1.807, 2.05) is 43.3 Å². The van der Waals surface area contributed by atoms with E-state index in [1.54, 1.807) is 18.2 Å². The van der Waals surface area contributed by atoms with Crippen molar-refractivity contribution in [1.29, 1.82) is 0 Å². The molecular weight excluding hydrogens is 420 g/mol. The Bertz CT molecular complexity index is 1030. The van der Waals surface area contributed by atoms with Gasteiger partial charge >= 0.3 is 0 Å². The lowest BCUT2D eigenvalue weighted by molar-refractivity contribution is -0.140. The van der Waals surface area contributed by atoms with E-state index in [-0.39, 0.29) is 16.9 Å². The topological polar surface area (TPSA) is 79.3 Å². The van der Waals surface area contributed by atoms with Crippen molar-refractivity contribution in [3.63, 3.8) is 0 Å². The Morgan fingerprint density at radius 1 is 1.03 bits per heavy atom. The van der Waals surface area contributed by atoms with E-state index in [1.165, 1.54) is 19.1 Å². The Morgan fingerprint density at radius 3 is 2.09 bits per heavy atom. The van der Waals surface area contributed by atoms with Gasteiger partial charge in [-0.05, 0) is 43.3 Å². The Labute approximate surface area is 195 Å². The minimum Gasteiger partial charge on any atom is -0.506 e. The fourth-order valence-corrected chi connectivity index (χ4v) is 4.05. The standard InChI is InChI=1S/C26H32N2O5/c1-16(2)17-10-12-18(13-11-17)23-22(25(30)26(31)28(23)15-14-27(3)4)24(29)21-19(32-5)8-7-9-20(21)33-6/h7-13,16,23,29H,14-15H2,1-6H3/b24-22+. The first-order valence-electron chi connectivity index (χ1n) is 11.0. The molecule has 2 aromatic carbocycles. The van der Waals surface area contributed by atoms with Gasteiger partial charge in [0, 0.05) is 13.1 Å². The quantitative estimate of drug-likeness (QED) is 0.373. The summed E-state index contributed by atoms with van der Waals surface area (Å²) in [4.78, 5) is 29.8. The zero-order chi connectivity index (χ0) is 24.3. The molecule has 1 heterocycles. The number of aliphatic hydroxyl groups excluding tert-OH is 1. The fourth-order valence-electron chi connectivity index (χ4n) is 4.05. The molecule has 7 heteroatoms. The van der Waals surface area contributed by atoms with Crippen LogP contribution in [0.3, 0.4) is 0 Å². The molecule has 176 valence electrons. The number of ether oxygens (including phenoxy) is 2. The van der Waals surface area contributed by atoms with Crippen molar-refractivity contribution in [2.45, 2.75) is 25.8 Å². The van der Waals surface area contributed by atoms with Gasteiger partial charge in [0.05, 0.1) is 25.8 Å². The smallest absolute Gasteiger partial charge is 0.295 e. The maximum absolute atomic E-state index is 13.2. The molecule has 1 aliphatic heterocycles. The molecule has 0 saturated carbocycles. The number of carbonyl (C=O) groups excluding carboxylic acids is 2. The van der Waals surface area contributed by atoms with Crippen molar-refractivity contribution in [1.82, 2.24) is 9.80 Å². The maximum atomic E-state index is 13.2. The highest BCUT2D eigenvalue weighted by Gasteiger charge is 2.46. The van der Waals surface area contributed by atoms with Gasteiger partial charge in [-0.2, -0.15) is 0 Å². The molecule has 1 saturated heterocycles. The van der Waals surface area contributed by atoms with Crippen LogP contribution in [-0.4, -0.2) is 68.0 Å². The third-order valence-electron chi connectivity index (χ3n) is 5.91. The van der Waals surface area contributed by atoms with Gasteiger partial charge in [0.2, 0.25) is 0 Å². The average Bonchev–Trinajstić information content (AvgIpc) is 3.06. The van der Waals surface area contributed by atoms with Crippen molar-refractivity contribution < 1.29 is 24.2 Å². The van der Waals surface area contributed by atoms with Crippen molar-refractivity contribution in [2.24, 2.45) is 0 Å². The zero-order valence-corrected chi connectivity index (χ0v) is 20.1. The van der Waals surface area contributed by atoms with E-state index in [4.69, 9.17) is 9.47 Å². The second kappa shape index (κ2) is 10.1. The number of benzene rings is 2. The summed E-state index contributed by atoms with van der Waals surface area (Å²) >= 11 is 0. The number of ketones is 1. The van der Waals surface area contributed by atoms with Crippen LogP contribution < -0.4 is 9.47 Å². The molecule has 1 N–H and O–H groups in total. The minimum absolute atomic E-state index is 0.0267. The summed E-state index contributed by atoms with van der Waals surface area (Å²) < 4.78 is 10.9. The third-order valence-corrected chi connectivity index (χ3v) is 5.91. The molecule has 1 amide bonds. The molecule has 0 spiro atoms. The van der Waals surface area contributed by atoms with Crippen LogP contribution in [0, 0.1) is 0 Å². The molecule has 1 aliphatic rings. The monoisotopic (exact) mass is 452 g/mol. The van der Waals surface area contributed by atoms with E-state index in [0.717, 1.165) is 11.1 Å². The second-order valence-electron chi connectivity index (χ2n) is 8.65. The van der Waals surface area contributed by atoms with Crippen molar-refractivity contribution in [3.8, 4) is 11.5 Å². The number of nitrogens with zero attached hydrogens (tertiary/aromatic N) is 2. The van der Waals surface area contributed by atoms with Crippen LogP contribution in [0.4, 0.5) is 0 Å². The summed E-state index contributed by atoms with van der Waals surface area (Å²) in [6.45, 7) is 5.12. The van der Waals surface area contributed by atoms with Crippen LogP contribution in [-0.2, 0) is 9.59 Å². The number of methoxy groups -OCH3 is 2. The van der Waals surface area contributed by atoms with Gasteiger partial charge in [0.15, 0.2) is 0 Å². The predicted molar refractivity (Wildman–Crippen MR) is 128 cm³/mol. The van der Waals surface area contributed by atoms with Crippen molar-refractivity contribution >= 4 is 17.4 Å². The summed E-state index contributed by atoms with van der Waals surface area (Å²) in [5.74, 6) is -0.632. The number of aliphatic hydroxyl groups is 1. The van der Waals surface area contributed by atoms with Gasteiger partial charge in [-0.25, -0.2) is 0 Å². The number of likely N-dealkylation sites (N-methyl/N-ethyl adjacent to an activating group) is 1. The van der Waals surface area contributed by atoms with Gasteiger partial charge in [-0.15, -0.1) is 0 Å². The van der Waals surface area contributed by atoms with E-state index >= 15 is 0 Å². The number of hydrogen-bond donors (Lipinski definition) is 1. The number of hydrogen-bond acceptors (Lipinski definition) is 6. The summed E-state index contributed by atoms with van der Waals surface area (Å²) in [5.41, 5.74) is 2.18. The average molecular weight is 453 g/mol. The Morgan fingerprint density at radius 2 is 1.61 bits per heavy atom. The molecule has 3 rings (SSSR count). The van der Waals surface area contributed by atoms with Gasteiger partial charge in [0.1, 0.15) is 22.8 Å². The minimum atomic E-state index is -0.725. The van der Waals surface area contributed by atoms with Crippen LogP contribution in [0.1, 0.15) is 42.5 Å². The lowest BCUT2D eigenvalue weighted by Gasteiger charge is -2.27. The first kappa shape index (κ1) is 24.3. The Hall–Kier alpha value is -3.32. The van der Waals surface area contributed by atoms with E-state index < -0.39 is 17.7 Å². The maximum Gasteiger partial charge on any atom is 0.295 e. The Balaban J connectivity index is 2.23. The number of rotatable bonds is 8. The first-order chi connectivity index (χ1) is 15.7. The zero-order valence-electron chi connectivity index (χ0n) is 20.1.